The Labute approximate surface area is 169 Å². The maximum Gasteiger partial charge on any atom is 0.329 e. The Morgan fingerprint density at radius 1 is 1.17 bits per heavy atom. The van der Waals surface area contributed by atoms with Crippen molar-refractivity contribution in [2.24, 2.45) is 0 Å². The molecule has 0 atom stereocenters. The summed E-state index contributed by atoms with van der Waals surface area (Å²) in [6.07, 6.45) is 1.16. The van der Waals surface area contributed by atoms with E-state index in [4.69, 9.17) is 0 Å². The third-order valence-corrected chi connectivity index (χ3v) is 4.27. The van der Waals surface area contributed by atoms with Crippen LogP contribution < -0.4 is 16.0 Å². The summed E-state index contributed by atoms with van der Waals surface area (Å²) in [7, 11) is 0. The van der Waals surface area contributed by atoms with Crippen LogP contribution in [0.1, 0.15) is 26.3 Å². The molecule has 1 aromatic carbocycles. The molecule has 1 amide bonds. The second-order valence-corrected chi connectivity index (χ2v) is 6.38. The van der Waals surface area contributed by atoms with Gasteiger partial charge in [0.1, 0.15) is 6.20 Å². The summed E-state index contributed by atoms with van der Waals surface area (Å²) < 4.78 is 0. The highest BCUT2D eigenvalue weighted by Crippen LogP contribution is 2.23. The minimum Gasteiger partial charge on any atom is -0.362 e. The highest BCUT2D eigenvalue weighted by molar-refractivity contribution is 5.72. The number of nitrogens with one attached hydrogen (secondary N) is 3. The van der Waals surface area contributed by atoms with E-state index < -0.39 is 4.92 Å². The number of carbonyl (C=O) groups is 1. The highest BCUT2D eigenvalue weighted by atomic mass is 16.6. The van der Waals surface area contributed by atoms with E-state index >= 15 is 0 Å². The van der Waals surface area contributed by atoms with Crippen LogP contribution in [0, 0.1) is 10.1 Å². The van der Waals surface area contributed by atoms with Crippen molar-refractivity contribution in [3.63, 3.8) is 0 Å². The summed E-state index contributed by atoms with van der Waals surface area (Å²) in [5, 5.41) is 19.7. The lowest BCUT2D eigenvalue weighted by Crippen LogP contribution is -2.26. The van der Waals surface area contributed by atoms with Crippen LogP contribution in [0.25, 0.3) is 0 Å². The molecule has 0 aliphatic rings. The van der Waals surface area contributed by atoms with Gasteiger partial charge in [0.25, 0.3) is 0 Å². The smallest absolute Gasteiger partial charge is 0.329 e. The van der Waals surface area contributed by atoms with Crippen molar-refractivity contribution in [2.75, 3.05) is 36.8 Å². The van der Waals surface area contributed by atoms with Crippen LogP contribution in [0.15, 0.2) is 30.5 Å². The number of nitro groups is 1. The fourth-order valence-electron chi connectivity index (χ4n) is 2.65. The average Bonchev–Trinajstić information content (AvgIpc) is 2.70. The number of rotatable bonds is 11. The second-order valence-electron chi connectivity index (χ2n) is 6.38. The van der Waals surface area contributed by atoms with E-state index in [0.717, 1.165) is 31.5 Å². The zero-order chi connectivity index (χ0) is 21.2. The lowest BCUT2D eigenvalue weighted by molar-refractivity contribution is -0.384. The van der Waals surface area contributed by atoms with E-state index in [1.807, 2.05) is 24.3 Å². The molecule has 0 saturated heterocycles. The van der Waals surface area contributed by atoms with Gasteiger partial charge in [0, 0.05) is 32.2 Å². The molecule has 29 heavy (non-hydrogen) atoms. The summed E-state index contributed by atoms with van der Waals surface area (Å²) in [5.74, 6) is 0.168. The number of aromatic nitrogens is 2. The number of anilines is 3. The first-order chi connectivity index (χ1) is 13.9. The maximum atomic E-state index is 11.2. The third kappa shape index (κ3) is 7.00. The lowest BCUT2D eigenvalue weighted by atomic mass is 10.2. The Balaban J connectivity index is 2.06. The SMILES string of the molecule is CCN(CC)Cc1ccc(Nc2ncc([N+](=O)[O-])c(NCCNC(C)=O)n2)cc1. The van der Waals surface area contributed by atoms with Gasteiger partial charge < -0.3 is 16.0 Å². The van der Waals surface area contributed by atoms with Gasteiger partial charge in [0.2, 0.25) is 17.7 Å². The minimum absolute atomic E-state index is 0.0935. The van der Waals surface area contributed by atoms with Crippen LogP contribution in [-0.4, -0.2) is 51.9 Å². The van der Waals surface area contributed by atoms with E-state index in [-0.39, 0.29) is 23.4 Å². The van der Waals surface area contributed by atoms with Crippen LogP contribution >= 0.6 is 0 Å². The topological polar surface area (TPSA) is 125 Å². The molecule has 10 heteroatoms. The summed E-state index contributed by atoms with van der Waals surface area (Å²) in [6, 6.07) is 7.90. The first-order valence-electron chi connectivity index (χ1n) is 9.51. The predicted molar refractivity (Wildman–Crippen MR) is 112 cm³/mol. The van der Waals surface area contributed by atoms with Crippen molar-refractivity contribution in [2.45, 2.75) is 27.3 Å². The maximum absolute atomic E-state index is 11.2. The molecular formula is C19H27N7O3. The molecule has 0 aliphatic carbocycles. The molecular weight excluding hydrogens is 374 g/mol. The molecule has 10 nitrogen and oxygen atoms in total. The standard InChI is InChI=1S/C19H27N7O3/c1-4-25(5-2)13-15-6-8-16(9-7-15)23-19-22-12-17(26(28)29)18(24-19)21-11-10-20-14(3)27/h6-9,12H,4-5,10-11,13H2,1-3H3,(H,20,27)(H2,21,22,23,24). The minimum atomic E-state index is -0.549. The van der Waals surface area contributed by atoms with Crippen LogP contribution in [0.3, 0.4) is 0 Å². The van der Waals surface area contributed by atoms with Gasteiger partial charge in [-0.1, -0.05) is 26.0 Å². The number of hydrogen-bond donors (Lipinski definition) is 3. The largest absolute Gasteiger partial charge is 0.362 e. The molecule has 1 heterocycles. The lowest BCUT2D eigenvalue weighted by Gasteiger charge is -2.18. The quantitative estimate of drug-likeness (QED) is 0.298. The molecule has 0 radical (unpaired) electrons. The molecule has 2 aromatic rings. The van der Waals surface area contributed by atoms with E-state index in [1.165, 1.54) is 12.5 Å². The van der Waals surface area contributed by atoms with E-state index in [9.17, 15) is 14.9 Å². The Hall–Kier alpha value is -3.27. The molecule has 156 valence electrons. The van der Waals surface area contributed by atoms with Crippen LogP contribution in [0.5, 0.6) is 0 Å². The van der Waals surface area contributed by atoms with Crippen molar-refractivity contribution >= 4 is 29.0 Å². The van der Waals surface area contributed by atoms with Crippen LogP contribution in [0.2, 0.25) is 0 Å². The van der Waals surface area contributed by atoms with E-state index in [1.54, 1.807) is 0 Å². The first-order valence-corrected chi connectivity index (χ1v) is 9.51. The Bertz CT molecular complexity index is 823. The molecule has 2 rings (SSSR count). The third-order valence-electron chi connectivity index (χ3n) is 4.27. The predicted octanol–water partition coefficient (Wildman–Crippen LogP) is 2.52. The van der Waals surface area contributed by atoms with Crippen molar-refractivity contribution < 1.29 is 9.72 Å². The first kappa shape index (κ1) is 22.0. The number of amides is 1. The highest BCUT2D eigenvalue weighted by Gasteiger charge is 2.17. The van der Waals surface area contributed by atoms with Gasteiger partial charge in [0.05, 0.1) is 4.92 Å². The van der Waals surface area contributed by atoms with Gasteiger partial charge in [-0.05, 0) is 30.8 Å². The van der Waals surface area contributed by atoms with Crippen molar-refractivity contribution in [1.29, 1.82) is 0 Å². The van der Waals surface area contributed by atoms with E-state index in [0.29, 0.717) is 13.1 Å². The van der Waals surface area contributed by atoms with Gasteiger partial charge in [-0.25, -0.2) is 4.98 Å². The molecule has 0 aliphatic heterocycles. The second kappa shape index (κ2) is 10.9. The molecule has 3 N–H and O–H groups in total. The Morgan fingerprint density at radius 3 is 2.45 bits per heavy atom. The van der Waals surface area contributed by atoms with Gasteiger partial charge in [-0.15, -0.1) is 0 Å². The van der Waals surface area contributed by atoms with Gasteiger partial charge >= 0.3 is 5.69 Å². The van der Waals surface area contributed by atoms with Crippen LogP contribution in [0.4, 0.5) is 23.1 Å². The zero-order valence-corrected chi connectivity index (χ0v) is 16.9. The number of carbonyl (C=O) groups excluding carboxylic acids is 1. The molecule has 1 aromatic heterocycles. The van der Waals surface area contributed by atoms with Gasteiger partial charge in [-0.2, -0.15) is 4.98 Å². The van der Waals surface area contributed by atoms with E-state index in [2.05, 4.69) is 44.7 Å². The van der Waals surface area contributed by atoms with Crippen molar-refractivity contribution in [3.8, 4) is 0 Å². The average molecular weight is 401 g/mol. The molecule has 0 saturated carbocycles. The Kier molecular flexibility index (Phi) is 8.28. The summed E-state index contributed by atoms with van der Waals surface area (Å²) >= 11 is 0. The van der Waals surface area contributed by atoms with Gasteiger partial charge in [0.15, 0.2) is 0 Å². The normalized spacial score (nSPS) is 10.6. The fraction of sp³-hybridized carbons (Fsp3) is 0.421. The number of hydrogen-bond acceptors (Lipinski definition) is 8. The fourth-order valence-corrected chi connectivity index (χ4v) is 2.65. The molecule has 0 bridgehead atoms. The van der Waals surface area contributed by atoms with Crippen molar-refractivity contribution in [3.05, 3.63) is 46.1 Å². The summed E-state index contributed by atoms with van der Waals surface area (Å²) in [5.41, 5.74) is 1.75. The zero-order valence-electron chi connectivity index (χ0n) is 16.9. The molecule has 0 fully saturated rings. The number of benzene rings is 1. The van der Waals surface area contributed by atoms with Gasteiger partial charge in [-0.3, -0.25) is 19.8 Å². The Morgan fingerprint density at radius 2 is 1.86 bits per heavy atom. The summed E-state index contributed by atoms with van der Waals surface area (Å²) in [6.45, 7) is 9.16. The van der Waals surface area contributed by atoms with Crippen molar-refractivity contribution in [1.82, 2.24) is 20.2 Å². The summed E-state index contributed by atoms with van der Waals surface area (Å²) in [4.78, 5) is 32.1. The molecule has 0 spiro atoms. The molecule has 0 unspecified atom stereocenters. The monoisotopic (exact) mass is 401 g/mol. The number of nitrogens with zero attached hydrogens (tertiary/aromatic N) is 4. The van der Waals surface area contributed by atoms with Crippen LogP contribution in [-0.2, 0) is 11.3 Å².